The van der Waals surface area contributed by atoms with Crippen molar-refractivity contribution in [2.75, 3.05) is 11.4 Å². The van der Waals surface area contributed by atoms with Gasteiger partial charge in [0.25, 0.3) is 5.91 Å². The van der Waals surface area contributed by atoms with Crippen LogP contribution in [0.1, 0.15) is 24.8 Å². The highest BCUT2D eigenvalue weighted by Crippen LogP contribution is 2.22. The number of nitrogens with one attached hydrogen (secondary N) is 1. The van der Waals surface area contributed by atoms with E-state index in [1.54, 1.807) is 4.90 Å². The third kappa shape index (κ3) is 4.80. The summed E-state index contributed by atoms with van der Waals surface area (Å²) >= 11 is 0. The van der Waals surface area contributed by atoms with Crippen LogP contribution < -0.4 is 10.4 Å². The first kappa shape index (κ1) is 17.9. The molecular weight excluding hydrogens is 328 g/mol. The van der Waals surface area contributed by atoms with Gasteiger partial charge in [-0.2, -0.15) is 0 Å². The molecule has 5 heteroatoms. The van der Waals surface area contributed by atoms with Gasteiger partial charge in [0.2, 0.25) is 5.91 Å². The molecule has 134 valence electrons. The van der Waals surface area contributed by atoms with Crippen molar-refractivity contribution in [3.63, 3.8) is 0 Å². The average molecular weight is 350 g/mol. The molecule has 0 unspecified atom stereocenters. The number of hydroxylamine groups is 1. The lowest BCUT2D eigenvalue weighted by Gasteiger charge is -2.27. The summed E-state index contributed by atoms with van der Waals surface area (Å²) in [4.78, 5) is 31.6. The number of benzene rings is 2. The van der Waals surface area contributed by atoms with Crippen molar-refractivity contribution < 1.29 is 14.4 Å². The standard InChI is InChI=1S/C21H22N2O3/c24-20(22-26-16-17-8-3-1-4-9-17)14-13-18-10-7-15-23(21(18)25)19-11-5-2-6-12-19/h1-6,8-12H,7,13-16H2,(H,22,24). The summed E-state index contributed by atoms with van der Waals surface area (Å²) in [5.41, 5.74) is 4.99. The van der Waals surface area contributed by atoms with E-state index in [0.29, 0.717) is 25.1 Å². The maximum Gasteiger partial charge on any atom is 0.253 e. The van der Waals surface area contributed by atoms with Gasteiger partial charge >= 0.3 is 0 Å². The van der Waals surface area contributed by atoms with Crippen molar-refractivity contribution >= 4 is 17.5 Å². The Labute approximate surface area is 153 Å². The summed E-state index contributed by atoms with van der Waals surface area (Å²) < 4.78 is 0. The Bertz CT molecular complexity index is 772. The molecule has 1 aliphatic rings. The first-order valence-electron chi connectivity index (χ1n) is 8.74. The van der Waals surface area contributed by atoms with Crippen molar-refractivity contribution in [1.82, 2.24) is 5.48 Å². The lowest BCUT2D eigenvalue weighted by molar-refractivity contribution is -0.134. The van der Waals surface area contributed by atoms with Crippen molar-refractivity contribution in [3.8, 4) is 0 Å². The molecule has 0 aliphatic carbocycles. The Morgan fingerprint density at radius 1 is 1.04 bits per heavy atom. The van der Waals surface area contributed by atoms with Crippen LogP contribution in [0.5, 0.6) is 0 Å². The predicted molar refractivity (Wildman–Crippen MR) is 100 cm³/mol. The Hall–Kier alpha value is -2.92. The normalized spacial score (nSPS) is 14.1. The van der Waals surface area contributed by atoms with Gasteiger partial charge in [-0.05, 0) is 30.5 Å². The first-order valence-corrected chi connectivity index (χ1v) is 8.74. The molecule has 3 rings (SSSR count). The molecule has 0 bridgehead atoms. The van der Waals surface area contributed by atoms with Gasteiger partial charge in [0.1, 0.15) is 0 Å². The van der Waals surface area contributed by atoms with E-state index in [0.717, 1.165) is 17.7 Å². The second kappa shape index (κ2) is 8.97. The topological polar surface area (TPSA) is 58.6 Å². The minimum atomic E-state index is -0.230. The highest BCUT2D eigenvalue weighted by molar-refractivity contribution is 6.06. The molecule has 0 saturated carbocycles. The first-order chi connectivity index (χ1) is 12.7. The number of carbonyl (C=O) groups is 2. The zero-order chi connectivity index (χ0) is 18.2. The molecule has 2 aromatic carbocycles. The van der Waals surface area contributed by atoms with Gasteiger partial charge in [-0.1, -0.05) is 54.6 Å². The maximum absolute atomic E-state index is 12.6. The summed E-state index contributed by atoms with van der Waals surface area (Å²) in [7, 11) is 0. The molecule has 1 heterocycles. The van der Waals surface area contributed by atoms with Crippen LogP contribution in [0.25, 0.3) is 0 Å². The molecule has 26 heavy (non-hydrogen) atoms. The smallest absolute Gasteiger partial charge is 0.253 e. The Kier molecular flexibility index (Phi) is 6.17. The second-order valence-corrected chi connectivity index (χ2v) is 6.11. The fourth-order valence-electron chi connectivity index (χ4n) is 2.87. The van der Waals surface area contributed by atoms with Crippen molar-refractivity contribution in [1.29, 1.82) is 0 Å². The highest BCUT2D eigenvalue weighted by atomic mass is 16.6. The molecule has 2 aromatic rings. The van der Waals surface area contributed by atoms with Gasteiger partial charge in [-0.15, -0.1) is 0 Å². The molecular formula is C21H22N2O3. The number of para-hydroxylation sites is 1. The maximum atomic E-state index is 12.6. The summed E-state index contributed by atoms with van der Waals surface area (Å²) in [6.07, 6.45) is 3.35. The predicted octanol–water partition coefficient (Wildman–Crippen LogP) is 3.38. The fourth-order valence-corrected chi connectivity index (χ4v) is 2.87. The van der Waals surface area contributed by atoms with Crippen LogP contribution in [0.2, 0.25) is 0 Å². The molecule has 5 nitrogen and oxygen atoms in total. The minimum Gasteiger partial charge on any atom is -0.308 e. The number of hydrogen-bond donors (Lipinski definition) is 1. The molecule has 0 saturated heterocycles. The fraction of sp³-hybridized carbons (Fsp3) is 0.238. The quantitative estimate of drug-likeness (QED) is 0.779. The van der Waals surface area contributed by atoms with Crippen LogP contribution in [-0.4, -0.2) is 18.4 Å². The van der Waals surface area contributed by atoms with E-state index >= 15 is 0 Å². The summed E-state index contributed by atoms with van der Waals surface area (Å²) in [5, 5.41) is 0. The van der Waals surface area contributed by atoms with E-state index in [4.69, 9.17) is 4.84 Å². The number of hydrogen-bond acceptors (Lipinski definition) is 3. The second-order valence-electron chi connectivity index (χ2n) is 6.11. The molecule has 2 amide bonds. The zero-order valence-electron chi connectivity index (χ0n) is 14.6. The van der Waals surface area contributed by atoms with Gasteiger partial charge in [0, 0.05) is 24.2 Å². The summed E-state index contributed by atoms with van der Waals surface area (Å²) in [5.74, 6) is -0.257. The van der Waals surface area contributed by atoms with E-state index < -0.39 is 0 Å². The largest absolute Gasteiger partial charge is 0.308 e. The van der Waals surface area contributed by atoms with Crippen LogP contribution in [0, 0.1) is 0 Å². The Balaban J connectivity index is 1.45. The number of anilines is 1. The van der Waals surface area contributed by atoms with Crippen molar-refractivity contribution in [3.05, 3.63) is 77.9 Å². The van der Waals surface area contributed by atoms with Gasteiger partial charge in [-0.25, -0.2) is 5.48 Å². The number of rotatable bonds is 7. The molecule has 0 aromatic heterocycles. The summed E-state index contributed by atoms with van der Waals surface area (Å²) in [6.45, 7) is 0.981. The zero-order valence-corrected chi connectivity index (χ0v) is 14.6. The molecule has 1 N–H and O–H groups in total. The van der Waals surface area contributed by atoms with Gasteiger partial charge < -0.3 is 4.90 Å². The molecule has 0 spiro atoms. The van der Waals surface area contributed by atoms with E-state index in [1.807, 2.05) is 66.7 Å². The van der Waals surface area contributed by atoms with Crippen molar-refractivity contribution in [2.24, 2.45) is 0 Å². The van der Waals surface area contributed by atoms with E-state index in [-0.39, 0.29) is 18.2 Å². The Morgan fingerprint density at radius 3 is 2.46 bits per heavy atom. The van der Waals surface area contributed by atoms with E-state index in [2.05, 4.69) is 5.48 Å². The van der Waals surface area contributed by atoms with Crippen LogP contribution in [0.4, 0.5) is 5.69 Å². The average Bonchev–Trinajstić information content (AvgIpc) is 2.69. The lowest BCUT2D eigenvalue weighted by atomic mass is 10.0. The van der Waals surface area contributed by atoms with Gasteiger partial charge in [0.05, 0.1) is 6.61 Å². The van der Waals surface area contributed by atoms with Crippen LogP contribution in [-0.2, 0) is 21.0 Å². The Morgan fingerprint density at radius 2 is 1.73 bits per heavy atom. The number of amides is 2. The van der Waals surface area contributed by atoms with Crippen molar-refractivity contribution in [2.45, 2.75) is 25.9 Å². The van der Waals surface area contributed by atoms with E-state index in [9.17, 15) is 9.59 Å². The molecule has 0 radical (unpaired) electrons. The van der Waals surface area contributed by atoms with E-state index in [1.165, 1.54) is 0 Å². The van der Waals surface area contributed by atoms with Crippen LogP contribution >= 0.6 is 0 Å². The highest BCUT2D eigenvalue weighted by Gasteiger charge is 2.23. The number of nitrogens with zero attached hydrogens (tertiary/aromatic N) is 1. The van der Waals surface area contributed by atoms with Gasteiger partial charge in [-0.3, -0.25) is 14.4 Å². The third-order valence-electron chi connectivity index (χ3n) is 4.22. The van der Waals surface area contributed by atoms with Gasteiger partial charge in [0.15, 0.2) is 0 Å². The minimum absolute atomic E-state index is 0.0274. The number of carbonyl (C=O) groups excluding carboxylic acids is 2. The summed E-state index contributed by atoms with van der Waals surface area (Å²) in [6, 6.07) is 19.2. The SMILES string of the molecule is O=C(CCC1=CCCN(c2ccccc2)C1=O)NOCc1ccccc1. The molecule has 0 fully saturated rings. The lowest BCUT2D eigenvalue weighted by Crippen LogP contribution is -2.36. The molecule has 0 atom stereocenters. The monoisotopic (exact) mass is 350 g/mol. The van der Waals surface area contributed by atoms with Crippen LogP contribution in [0.15, 0.2) is 72.3 Å². The van der Waals surface area contributed by atoms with Crippen LogP contribution in [0.3, 0.4) is 0 Å². The molecule has 1 aliphatic heterocycles. The third-order valence-corrected chi connectivity index (χ3v) is 4.22.